The monoisotopic (exact) mass is 401 g/mol. The molecule has 5 nitrogen and oxygen atoms in total. The molecule has 0 amide bonds. The third-order valence-corrected chi connectivity index (χ3v) is 5.74. The van der Waals surface area contributed by atoms with Crippen LogP contribution in [0, 0.1) is 27.7 Å². The molecule has 0 saturated carbocycles. The van der Waals surface area contributed by atoms with Gasteiger partial charge in [0, 0.05) is 6.07 Å². The summed E-state index contributed by atoms with van der Waals surface area (Å²) in [4.78, 5) is 0. The molecule has 0 saturated heterocycles. The van der Waals surface area contributed by atoms with Crippen LogP contribution in [0.3, 0.4) is 0 Å². The number of phenols is 2. The van der Waals surface area contributed by atoms with Gasteiger partial charge < -0.3 is 10.2 Å². The molecule has 5 heteroatoms. The van der Waals surface area contributed by atoms with E-state index < -0.39 is 0 Å². The largest absolute Gasteiger partial charge is 0.508 e. The fourth-order valence-corrected chi connectivity index (χ4v) is 3.56. The van der Waals surface area contributed by atoms with E-state index in [2.05, 4.69) is 81.0 Å². The van der Waals surface area contributed by atoms with Gasteiger partial charge in [0.1, 0.15) is 17.2 Å². The van der Waals surface area contributed by atoms with E-state index in [9.17, 15) is 10.2 Å². The minimum absolute atomic E-state index is 0.0175. The number of nitrogens with one attached hydrogen (secondary N) is 2. The Morgan fingerprint density at radius 2 is 1.47 bits per heavy atom. The summed E-state index contributed by atoms with van der Waals surface area (Å²) in [7, 11) is 0. The molecule has 1 aliphatic rings. The van der Waals surface area contributed by atoms with Crippen LogP contribution in [-0.2, 0) is 0 Å². The third kappa shape index (κ3) is 3.84. The summed E-state index contributed by atoms with van der Waals surface area (Å²) in [6, 6.07) is 17.3. The van der Waals surface area contributed by atoms with Crippen LogP contribution >= 0.6 is 0 Å². The van der Waals surface area contributed by atoms with Crippen molar-refractivity contribution in [3.05, 3.63) is 94.1 Å². The van der Waals surface area contributed by atoms with Crippen LogP contribution in [0.15, 0.2) is 60.7 Å². The molecular formula is C25H27N3O2. The molecule has 4 rings (SSSR count). The van der Waals surface area contributed by atoms with E-state index in [0.717, 1.165) is 16.8 Å². The van der Waals surface area contributed by atoms with Crippen LogP contribution in [0.5, 0.6) is 11.5 Å². The quantitative estimate of drug-likeness (QED) is 0.500. The Morgan fingerprint density at radius 3 is 2.13 bits per heavy atom. The van der Waals surface area contributed by atoms with Crippen molar-refractivity contribution in [3.63, 3.8) is 0 Å². The first-order valence-electron chi connectivity index (χ1n) is 10.0. The van der Waals surface area contributed by atoms with Crippen molar-refractivity contribution >= 4 is 11.4 Å². The van der Waals surface area contributed by atoms with Crippen LogP contribution in [0.4, 0.5) is 5.69 Å². The van der Waals surface area contributed by atoms with Crippen molar-refractivity contribution in [2.75, 3.05) is 5.12 Å². The fourth-order valence-electron chi connectivity index (χ4n) is 3.56. The molecular weight excluding hydrogens is 374 g/mol. The van der Waals surface area contributed by atoms with Gasteiger partial charge in [-0.1, -0.05) is 30.3 Å². The van der Waals surface area contributed by atoms with E-state index >= 15 is 0 Å². The number of anilines is 1. The highest BCUT2D eigenvalue weighted by Gasteiger charge is 2.24. The number of rotatable bonds is 3. The zero-order chi connectivity index (χ0) is 21.4. The summed E-state index contributed by atoms with van der Waals surface area (Å²) >= 11 is 0. The molecule has 0 fully saturated rings. The van der Waals surface area contributed by atoms with Crippen LogP contribution in [0.2, 0.25) is 0 Å². The summed E-state index contributed by atoms with van der Waals surface area (Å²) in [5.41, 5.74) is 15.4. The van der Waals surface area contributed by atoms with Gasteiger partial charge in [0.15, 0.2) is 0 Å². The van der Waals surface area contributed by atoms with Gasteiger partial charge in [-0.15, -0.1) is 0 Å². The molecule has 154 valence electrons. The molecule has 1 unspecified atom stereocenters. The average molecular weight is 402 g/mol. The fraction of sp³-hybridized carbons (Fsp3) is 0.200. The van der Waals surface area contributed by atoms with E-state index in [0.29, 0.717) is 5.69 Å². The maximum Gasteiger partial charge on any atom is 0.146 e. The molecule has 0 aliphatic carbocycles. The van der Waals surface area contributed by atoms with Crippen molar-refractivity contribution in [2.45, 2.75) is 33.7 Å². The van der Waals surface area contributed by atoms with Crippen molar-refractivity contribution in [1.82, 2.24) is 10.9 Å². The smallest absolute Gasteiger partial charge is 0.146 e. The van der Waals surface area contributed by atoms with Gasteiger partial charge in [-0.2, -0.15) is 0 Å². The number of aryl methyl sites for hydroxylation is 4. The number of benzene rings is 3. The molecule has 0 bridgehead atoms. The average Bonchev–Trinajstić information content (AvgIpc) is 2.71. The van der Waals surface area contributed by atoms with Gasteiger partial charge in [0.25, 0.3) is 0 Å². The van der Waals surface area contributed by atoms with Gasteiger partial charge in [-0.25, -0.2) is 10.5 Å². The Bertz CT molecular complexity index is 1140. The zero-order valence-electron chi connectivity index (χ0n) is 17.7. The van der Waals surface area contributed by atoms with E-state index in [4.69, 9.17) is 0 Å². The number of aromatic hydroxyl groups is 2. The summed E-state index contributed by atoms with van der Waals surface area (Å²) in [5, 5.41) is 21.8. The molecule has 4 N–H and O–H groups in total. The molecule has 0 spiro atoms. The van der Waals surface area contributed by atoms with Gasteiger partial charge in [-0.3, -0.25) is 5.43 Å². The Balaban J connectivity index is 1.79. The van der Waals surface area contributed by atoms with E-state index in [1.165, 1.54) is 28.3 Å². The third-order valence-electron chi connectivity index (χ3n) is 5.74. The van der Waals surface area contributed by atoms with E-state index in [-0.39, 0.29) is 17.5 Å². The molecule has 3 aromatic rings. The predicted octanol–water partition coefficient (Wildman–Crippen LogP) is 4.94. The highest BCUT2D eigenvalue weighted by molar-refractivity contribution is 5.71. The molecule has 0 radical (unpaired) electrons. The first kappa shape index (κ1) is 19.9. The summed E-state index contributed by atoms with van der Waals surface area (Å²) in [6.45, 7) is 8.41. The lowest BCUT2D eigenvalue weighted by molar-refractivity contribution is 0.441. The second-order valence-corrected chi connectivity index (χ2v) is 7.95. The predicted molar refractivity (Wildman–Crippen MR) is 121 cm³/mol. The number of phenolic OH excluding ortho intramolecular Hbond substituents is 2. The maximum absolute atomic E-state index is 10.4. The Labute approximate surface area is 177 Å². The summed E-state index contributed by atoms with van der Waals surface area (Å²) < 4.78 is 0. The minimum atomic E-state index is -0.102. The molecule has 3 aromatic carbocycles. The highest BCUT2D eigenvalue weighted by Crippen LogP contribution is 2.33. The van der Waals surface area contributed by atoms with Crippen molar-refractivity contribution in [2.24, 2.45) is 0 Å². The molecule has 30 heavy (non-hydrogen) atoms. The van der Waals surface area contributed by atoms with Crippen LogP contribution in [0.1, 0.15) is 39.4 Å². The first-order chi connectivity index (χ1) is 14.3. The van der Waals surface area contributed by atoms with Gasteiger partial charge in [-0.05, 0) is 85.4 Å². The summed E-state index contributed by atoms with van der Waals surface area (Å²) in [6.07, 6.45) is 2.15. The normalized spacial score (nSPS) is 16.2. The van der Waals surface area contributed by atoms with E-state index in [1.807, 2.05) is 0 Å². The maximum atomic E-state index is 10.4. The lowest BCUT2D eigenvalue weighted by Gasteiger charge is -2.36. The Hall–Kier alpha value is -3.44. The lowest BCUT2D eigenvalue weighted by atomic mass is 9.98. The number of nitrogens with zero attached hydrogens (tertiary/aromatic N) is 1. The minimum Gasteiger partial charge on any atom is -0.508 e. The van der Waals surface area contributed by atoms with Gasteiger partial charge in [0.2, 0.25) is 0 Å². The number of hydrazine groups is 2. The number of hydrogen-bond acceptors (Lipinski definition) is 5. The van der Waals surface area contributed by atoms with Crippen molar-refractivity contribution in [1.29, 1.82) is 0 Å². The van der Waals surface area contributed by atoms with Crippen LogP contribution in [-0.4, -0.2) is 10.2 Å². The number of hydrogen-bond donors (Lipinski definition) is 4. The van der Waals surface area contributed by atoms with Gasteiger partial charge in [0.05, 0.1) is 11.7 Å². The zero-order valence-corrected chi connectivity index (χ0v) is 17.7. The molecule has 1 atom stereocenters. The Morgan fingerprint density at radius 1 is 0.767 bits per heavy atom. The SMILES string of the molecule is Cc1ccc(C2=CC(c3ccc(C)c(C)c3)NN(c3ccc(O)cc3O)N2)cc1C. The lowest BCUT2D eigenvalue weighted by Crippen LogP contribution is -2.52. The molecule has 1 aliphatic heterocycles. The standard InChI is InChI=1S/C25H27N3O2/c1-15-5-7-19(11-17(15)3)22-14-23(20-8-6-16(2)18(4)12-20)27-28(26-22)24-10-9-21(29)13-25(24)30/h5-14,22,26-27,29-30H,1-4H3. The van der Waals surface area contributed by atoms with Crippen LogP contribution in [0.25, 0.3) is 5.70 Å². The second kappa shape index (κ2) is 7.76. The molecule has 0 aromatic heterocycles. The molecule has 1 heterocycles. The summed E-state index contributed by atoms with van der Waals surface area (Å²) in [5.74, 6) is -0.000864. The van der Waals surface area contributed by atoms with Crippen molar-refractivity contribution in [3.8, 4) is 11.5 Å². The van der Waals surface area contributed by atoms with Crippen LogP contribution < -0.4 is 16.0 Å². The second-order valence-electron chi connectivity index (χ2n) is 7.95. The van der Waals surface area contributed by atoms with E-state index in [1.54, 1.807) is 17.3 Å². The highest BCUT2D eigenvalue weighted by atomic mass is 16.3. The van der Waals surface area contributed by atoms with Gasteiger partial charge >= 0.3 is 0 Å². The Kier molecular flexibility index (Phi) is 5.14. The van der Waals surface area contributed by atoms with Crippen molar-refractivity contribution < 1.29 is 10.2 Å². The first-order valence-corrected chi connectivity index (χ1v) is 10.0. The topological polar surface area (TPSA) is 67.8 Å².